The van der Waals surface area contributed by atoms with E-state index in [-0.39, 0.29) is 44.5 Å². The summed E-state index contributed by atoms with van der Waals surface area (Å²) < 4.78 is 18.2. The fourth-order valence-electron chi connectivity index (χ4n) is 4.21. The molecule has 0 saturated heterocycles. The second-order valence-electron chi connectivity index (χ2n) is 11.6. The molecule has 2 aromatic rings. The lowest BCUT2D eigenvalue weighted by Gasteiger charge is -2.34. The number of nitrogens with zero attached hydrogens (tertiary/aromatic N) is 5. The van der Waals surface area contributed by atoms with Crippen molar-refractivity contribution in [2.45, 2.75) is 98.7 Å². The van der Waals surface area contributed by atoms with Crippen LogP contribution in [0.15, 0.2) is 24.4 Å². The van der Waals surface area contributed by atoms with Crippen molar-refractivity contribution in [3.8, 4) is 0 Å². The Morgan fingerprint density at radius 1 is 1.08 bits per heavy atom. The van der Waals surface area contributed by atoms with Crippen molar-refractivity contribution in [2.75, 3.05) is 13.2 Å². The fourth-order valence-corrected chi connectivity index (χ4v) is 4.21. The summed E-state index contributed by atoms with van der Waals surface area (Å²) in [5.41, 5.74) is 1.00. The zero-order valence-electron chi connectivity index (χ0n) is 24.3. The first-order valence-corrected chi connectivity index (χ1v) is 13.3. The summed E-state index contributed by atoms with van der Waals surface area (Å²) in [5, 5.41) is 4.73. The molecule has 11 nitrogen and oxygen atoms in total. The number of carbonyl (C=O) groups excluding carboxylic acids is 3. The van der Waals surface area contributed by atoms with Crippen molar-refractivity contribution in [1.29, 1.82) is 0 Å². The van der Waals surface area contributed by atoms with Crippen LogP contribution in [0.2, 0.25) is 0 Å². The molecule has 0 spiro atoms. The van der Waals surface area contributed by atoms with Gasteiger partial charge in [0.2, 0.25) is 0 Å². The largest absolute Gasteiger partial charge is 0.461 e. The number of esters is 1. The lowest BCUT2D eigenvalue weighted by Crippen LogP contribution is -2.45. The van der Waals surface area contributed by atoms with Crippen molar-refractivity contribution in [2.24, 2.45) is 0 Å². The molecule has 0 aromatic carbocycles. The van der Waals surface area contributed by atoms with Crippen LogP contribution in [0.4, 0.5) is 9.59 Å². The predicted molar refractivity (Wildman–Crippen MR) is 144 cm³/mol. The van der Waals surface area contributed by atoms with Crippen LogP contribution in [0.5, 0.6) is 0 Å². The van der Waals surface area contributed by atoms with Crippen LogP contribution < -0.4 is 0 Å². The Kier molecular flexibility index (Phi) is 9.24. The van der Waals surface area contributed by atoms with Crippen molar-refractivity contribution in [1.82, 2.24) is 24.6 Å². The van der Waals surface area contributed by atoms with E-state index in [2.05, 4.69) is 4.98 Å². The highest BCUT2D eigenvalue weighted by atomic mass is 16.6. The van der Waals surface area contributed by atoms with E-state index in [1.54, 1.807) is 27.6 Å². The van der Waals surface area contributed by atoms with E-state index in [1.165, 1.54) is 0 Å². The van der Waals surface area contributed by atoms with Gasteiger partial charge in [-0.15, -0.1) is 0 Å². The number of rotatable bonds is 7. The van der Waals surface area contributed by atoms with Gasteiger partial charge in [-0.2, -0.15) is 5.10 Å². The van der Waals surface area contributed by atoms with Gasteiger partial charge < -0.3 is 24.0 Å². The number of fused-ring (bicyclic) bond motifs is 1. The summed E-state index contributed by atoms with van der Waals surface area (Å²) in [6.45, 7) is 15.5. The molecule has 3 heterocycles. The van der Waals surface area contributed by atoms with E-state index >= 15 is 0 Å². The van der Waals surface area contributed by atoms with Gasteiger partial charge in [0.05, 0.1) is 37.6 Å². The Bertz CT molecular complexity index is 1170. The molecule has 39 heavy (non-hydrogen) atoms. The van der Waals surface area contributed by atoms with Crippen LogP contribution in [0.25, 0.3) is 0 Å². The number of amides is 2. The number of hydrogen-bond acceptors (Lipinski definition) is 8. The second-order valence-corrected chi connectivity index (χ2v) is 11.6. The van der Waals surface area contributed by atoms with E-state index in [4.69, 9.17) is 19.3 Å². The zero-order chi connectivity index (χ0) is 29.0. The number of pyridine rings is 1. The quantitative estimate of drug-likeness (QED) is 0.368. The SMILES string of the molecule is CCOC(=O)c1c2c(nn1CCN(Cc1ccccn1)C(=O)OC(C)(C)C)C[C@@H](C)N(C(=O)OC(C)(C)C)C2. The highest BCUT2D eigenvalue weighted by Gasteiger charge is 2.36. The predicted octanol–water partition coefficient (Wildman–Crippen LogP) is 4.57. The third kappa shape index (κ3) is 8.18. The molecular formula is C28H41N5O6. The van der Waals surface area contributed by atoms with Gasteiger partial charge in [0.25, 0.3) is 0 Å². The van der Waals surface area contributed by atoms with Crippen LogP contribution in [0.1, 0.15) is 82.8 Å². The molecule has 214 valence electrons. The average molecular weight is 544 g/mol. The molecule has 0 fully saturated rings. The minimum absolute atomic E-state index is 0.170. The van der Waals surface area contributed by atoms with Crippen molar-refractivity contribution >= 4 is 18.2 Å². The van der Waals surface area contributed by atoms with Crippen molar-refractivity contribution < 1.29 is 28.6 Å². The van der Waals surface area contributed by atoms with Gasteiger partial charge in [0, 0.05) is 30.8 Å². The number of carbonyl (C=O) groups is 3. The van der Waals surface area contributed by atoms with Crippen LogP contribution in [-0.2, 0) is 40.3 Å². The summed E-state index contributed by atoms with van der Waals surface area (Å²) in [7, 11) is 0. The molecule has 0 radical (unpaired) electrons. The molecule has 0 aliphatic carbocycles. The standard InChI is InChI=1S/C28H41N5O6/c1-9-37-24(34)23-21-18-32(26(36)39-28(6,7)8)19(2)16-22(21)30-33(23)15-14-31(25(35)38-27(3,4)5)17-20-12-10-11-13-29-20/h10-13,19H,9,14-18H2,1-8H3/t19-/m1/s1. The molecule has 1 aliphatic heterocycles. The first-order valence-electron chi connectivity index (χ1n) is 13.3. The Morgan fingerprint density at radius 3 is 2.36 bits per heavy atom. The maximum Gasteiger partial charge on any atom is 0.410 e. The van der Waals surface area contributed by atoms with Gasteiger partial charge in [-0.05, 0) is 67.5 Å². The molecule has 0 saturated carbocycles. The maximum absolute atomic E-state index is 13.1. The Labute approximate surface area is 230 Å². The van der Waals surface area contributed by atoms with E-state index in [9.17, 15) is 14.4 Å². The van der Waals surface area contributed by atoms with Crippen LogP contribution >= 0.6 is 0 Å². The topological polar surface area (TPSA) is 116 Å². The zero-order valence-corrected chi connectivity index (χ0v) is 24.3. The molecule has 0 unspecified atom stereocenters. The lowest BCUT2D eigenvalue weighted by molar-refractivity contribution is 0.0133. The van der Waals surface area contributed by atoms with Gasteiger partial charge >= 0.3 is 18.2 Å². The molecule has 1 atom stereocenters. The number of ether oxygens (including phenoxy) is 3. The lowest BCUT2D eigenvalue weighted by atomic mass is 10.00. The first-order chi connectivity index (χ1) is 18.2. The number of aromatic nitrogens is 3. The highest BCUT2D eigenvalue weighted by Crippen LogP contribution is 2.28. The highest BCUT2D eigenvalue weighted by molar-refractivity contribution is 5.90. The molecule has 2 amide bonds. The van der Waals surface area contributed by atoms with Crippen LogP contribution in [0, 0.1) is 0 Å². The van der Waals surface area contributed by atoms with Gasteiger partial charge in [0.1, 0.15) is 11.2 Å². The molecule has 1 aliphatic rings. The summed E-state index contributed by atoms with van der Waals surface area (Å²) in [5.74, 6) is -0.529. The third-order valence-corrected chi connectivity index (χ3v) is 5.89. The Hall–Kier alpha value is -3.63. The van der Waals surface area contributed by atoms with Gasteiger partial charge in [-0.3, -0.25) is 9.67 Å². The van der Waals surface area contributed by atoms with Gasteiger partial charge in [-0.1, -0.05) is 6.07 Å². The summed E-state index contributed by atoms with van der Waals surface area (Å²) in [6, 6.07) is 5.32. The van der Waals surface area contributed by atoms with Crippen LogP contribution in [-0.4, -0.2) is 73.1 Å². The maximum atomic E-state index is 13.1. The average Bonchev–Trinajstić information content (AvgIpc) is 3.16. The summed E-state index contributed by atoms with van der Waals surface area (Å²) >= 11 is 0. The normalized spacial score (nSPS) is 15.4. The second kappa shape index (κ2) is 12.0. The van der Waals surface area contributed by atoms with Crippen molar-refractivity contribution in [3.63, 3.8) is 0 Å². The Morgan fingerprint density at radius 2 is 1.77 bits per heavy atom. The minimum Gasteiger partial charge on any atom is -0.461 e. The van der Waals surface area contributed by atoms with E-state index < -0.39 is 29.4 Å². The fraction of sp³-hybridized carbons (Fsp3) is 0.607. The van der Waals surface area contributed by atoms with E-state index in [0.717, 1.165) is 5.69 Å². The van der Waals surface area contributed by atoms with Crippen LogP contribution in [0.3, 0.4) is 0 Å². The number of hydrogen-bond donors (Lipinski definition) is 0. The van der Waals surface area contributed by atoms with Crippen molar-refractivity contribution in [3.05, 3.63) is 47.0 Å². The van der Waals surface area contributed by atoms with E-state index in [0.29, 0.717) is 17.7 Å². The first kappa shape index (κ1) is 29.9. The Balaban J connectivity index is 1.90. The monoisotopic (exact) mass is 543 g/mol. The molecule has 11 heteroatoms. The molecule has 3 rings (SSSR count). The minimum atomic E-state index is -0.679. The molecular weight excluding hydrogens is 502 g/mol. The van der Waals surface area contributed by atoms with E-state index in [1.807, 2.05) is 66.7 Å². The van der Waals surface area contributed by atoms with Gasteiger partial charge in [0.15, 0.2) is 5.69 Å². The molecule has 0 bridgehead atoms. The summed E-state index contributed by atoms with van der Waals surface area (Å²) in [4.78, 5) is 46.6. The third-order valence-electron chi connectivity index (χ3n) is 5.89. The molecule has 0 N–H and O–H groups in total. The molecule has 2 aromatic heterocycles. The smallest absolute Gasteiger partial charge is 0.410 e. The summed E-state index contributed by atoms with van der Waals surface area (Å²) in [6.07, 6.45) is 1.18. The van der Waals surface area contributed by atoms with Gasteiger partial charge in [-0.25, -0.2) is 14.4 Å².